The molecule has 1 aliphatic carbocycles. The van der Waals surface area contributed by atoms with Gasteiger partial charge >= 0.3 is 0 Å². The van der Waals surface area contributed by atoms with Gasteiger partial charge in [-0.15, -0.1) is 0 Å². The summed E-state index contributed by atoms with van der Waals surface area (Å²) in [6, 6.07) is 0. The highest BCUT2D eigenvalue weighted by Crippen LogP contribution is 2.31. The summed E-state index contributed by atoms with van der Waals surface area (Å²) < 4.78 is 28.0. The van der Waals surface area contributed by atoms with Crippen LogP contribution in [0.25, 0.3) is 0 Å². The molecule has 7 heteroatoms. The van der Waals surface area contributed by atoms with Gasteiger partial charge in [0.2, 0.25) is 10.0 Å². The van der Waals surface area contributed by atoms with E-state index in [2.05, 4.69) is 4.98 Å². The molecule has 1 aliphatic rings. The van der Waals surface area contributed by atoms with Gasteiger partial charge in [-0.05, 0) is 12.8 Å². The Labute approximate surface area is 92.5 Å². The van der Waals surface area contributed by atoms with Crippen molar-refractivity contribution in [2.45, 2.75) is 23.8 Å². The molecule has 6 nitrogen and oxygen atoms in total. The summed E-state index contributed by atoms with van der Waals surface area (Å²) in [6.45, 7) is 0. The Kier molecular flexibility index (Phi) is 2.64. The number of carbonyl (C=O) groups excluding carboxylic acids is 1. The summed E-state index contributed by atoms with van der Waals surface area (Å²) in [4.78, 5) is 14.2. The molecule has 2 N–H and O–H groups in total. The van der Waals surface area contributed by atoms with E-state index in [1.165, 1.54) is 6.20 Å². The monoisotopic (exact) mass is 242 g/mol. The van der Waals surface area contributed by atoms with Crippen molar-refractivity contribution in [2.75, 3.05) is 0 Å². The van der Waals surface area contributed by atoms with Crippen LogP contribution >= 0.6 is 0 Å². The normalized spacial score (nSPS) is 15.8. The van der Waals surface area contributed by atoms with Crippen LogP contribution in [0, 0.1) is 0 Å². The number of pyridine rings is 1. The molecule has 0 amide bonds. The third-order valence-corrected chi connectivity index (χ3v) is 3.13. The third kappa shape index (κ3) is 2.20. The first-order valence-corrected chi connectivity index (χ1v) is 6.19. The molecule has 0 aliphatic heterocycles. The molecule has 0 unspecified atom stereocenters. The topological polar surface area (TPSA) is 99.4 Å². The van der Waals surface area contributed by atoms with Gasteiger partial charge in [0, 0.05) is 6.20 Å². The van der Waals surface area contributed by atoms with Gasteiger partial charge in [-0.1, -0.05) is 0 Å². The number of ether oxygens (including phenoxy) is 1. The van der Waals surface area contributed by atoms with Crippen molar-refractivity contribution in [2.24, 2.45) is 5.14 Å². The van der Waals surface area contributed by atoms with Crippen molar-refractivity contribution in [3.05, 3.63) is 18.0 Å². The maximum absolute atomic E-state index is 11.3. The van der Waals surface area contributed by atoms with E-state index in [0.717, 1.165) is 19.0 Å². The fourth-order valence-electron chi connectivity index (χ4n) is 1.28. The fourth-order valence-corrected chi connectivity index (χ4v) is 2.09. The summed E-state index contributed by atoms with van der Waals surface area (Å²) in [5.74, 6) is 0.0506. The molecule has 0 spiro atoms. The Morgan fingerprint density at radius 3 is 2.62 bits per heavy atom. The number of sulfonamides is 1. The molecule has 86 valence electrons. The highest BCUT2D eigenvalue weighted by Gasteiger charge is 2.28. The first-order valence-electron chi connectivity index (χ1n) is 4.65. The van der Waals surface area contributed by atoms with E-state index < -0.39 is 10.0 Å². The molecule has 1 aromatic heterocycles. The van der Waals surface area contributed by atoms with Gasteiger partial charge in [0.1, 0.15) is 4.90 Å². The van der Waals surface area contributed by atoms with Crippen LogP contribution in [0.15, 0.2) is 17.3 Å². The Morgan fingerprint density at radius 1 is 1.44 bits per heavy atom. The minimum Gasteiger partial charge on any atom is -0.487 e. The Morgan fingerprint density at radius 2 is 2.12 bits per heavy atom. The number of hydrogen-bond acceptors (Lipinski definition) is 5. The van der Waals surface area contributed by atoms with E-state index in [1.807, 2.05) is 0 Å². The average Bonchev–Trinajstić information content (AvgIpc) is 2.99. The van der Waals surface area contributed by atoms with E-state index in [-0.39, 0.29) is 22.3 Å². The highest BCUT2D eigenvalue weighted by atomic mass is 32.2. The van der Waals surface area contributed by atoms with E-state index in [0.29, 0.717) is 6.29 Å². The first-order chi connectivity index (χ1) is 7.52. The largest absolute Gasteiger partial charge is 0.487 e. The van der Waals surface area contributed by atoms with Gasteiger partial charge in [-0.3, -0.25) is 9.78 Å². The van der Waals surface area contributed by atoms with Crippen LogP contribution in [0.4, 0.5) is 0 Å². The van der Waals surface area contributed by atoms with E-state index >= 15 is 0 Å². The minimum atomic E-state index is -3.99. The van der Waals surface area contributed by atoms with Gasteiger partial charge in [0.05, 0.1) is 17.9 Å². The molecule has 0 aromatic carbocycles. The standard InChI is InChI=1S/C9H10N2O4S/c10-16(13,14)9-6(5-12)3-11-4-8(9)15-7-1-2-7/h3-5,7H,1-2H2,(H2,10,13,14). The molecule has 0 atom stereocenters. The number of nitrogens with two attached hydrogens (primary N) is 1. The molecule has 1 aromatic rings. The molecular formula is C9H10N2O4S. The number of aldehydes is 1. The van der Waals surface area contributed by atoms with Crippen LogP contribution in [-0.4, -0.2) is 25.8 Å². The highest BCUT2D eigenvalue weighted by molar-refractivity contribution is 7.89. The van der Waals surface area contributed by atoms with Crippen molar-refractivity contribution >= 4 is 16.3 Å². The zero-order valence-corrected chi connectivity index (χ0v) is 9.11. The first kappa shape index (κ1) is 11.0. The number of aromatic nitrogens is 1. The Hall–Kier alpha value is -1.47. The Balaban J connectivity index is 2.53. The number of hydrogen-bond donors (Lipinski definition) is 1. The zero-order chi connectivity index (χ0) is 11.8. The summed E-state index contributed by atoms with van der Waals surface area (Å²) in [7, 11) is -3.99. The smallest absolute Gasteiger partial charge is 0.242 e. The maximum atomic E-state index is 11.3. The lowest BCUT2D eigenvalue weighted by atomic mass is 10.3. The maximum Gasteiger partial charge on any atom is 0.242 e. The van der Waals surface area contributed by atoms with Crippen LogP contribution in [0.5, 0.6) is 5.75 Å². The van der Waals surface area contributed by atoms with Crippen LogP contribution in [0.3, 0.4) is 0 Å². The van der Waals surface area contributed by atoms with E-state index in [1.54, 1.807) is 0 Å². The number of nitrogens with zero attached hydrogens (tertiary/aromatic N) is 1. The van der Waals surface area contributed by atoms with Gasteiger partial charge < -0.3 is 4.74 Å². The van der Waals surface area contributed by atoms with Gasteiger partial charge in [-0.25, -0.2) is 13.6 Å². The lowest BCUT2D eigenvalue weighted by Crippen LogP contribution is -2.17. The van der Waals surface area contributed by atoms with Crippen molar-refractivity contribution < 1.29 is 17.9 Å². The van der Waals surface area contributed by atoms with Crippen molar-refractivity contribution in [3.8, 4) is 5.75 Å². The molecule has 1 heterocycles. The quantitative estimate of drug-likeness (QED) is 0.754. The molecule has 2 rings (SSSR count). The average molecular weight is 242 g/mol. The molecule has 16 heavy (non-hydrogen) atoms. The third-order valence-electron chi connectivity index (χ3n) is 2.12. The van der Waals surface area contributed by atoms with Gasteiger partial charge in [0.15, 0.2) is 12.0 Å². The number of carbonyl (C=O) groups is 1. The number of rotatable bonds is 4. The minimum absolute atomic E-state index is 0.00389. The van der Waals surface area contributed by atoms with Gasteiger partial charge in [0.25, 0.3) is 0 Å². The van der Waals surface area contributed by atoms with Crippen LogP contribution in [0.2, 0.25) is 0 Å². The SMILES string of the molecule is NS(=O)(=O)c1c(C=O)cncc1OC1CC1. The van der Waals surface area contributed by atoms with Crippen LogP contribution < -0.4 is 9.88 Å². The molecule has 0 saturated heterocycles. The summed E-state index contributed by atoms with van der Waals surface area (Å²) in [5.41, 5.74) is -0.0827. The van der Waals surface area contributed by atoms with E-state index in [9.17, 15) is 13.2 Å². The zero-order valence-electron chi connectivity index (χ0n) is 8.29. The summed E-state index contributed by atoms with van der Waals surface area (Å²) in [6.07, 6.45) is 4.54. The van der Waals surface area contributed by atoms with E-state index in [4.69, 9.17) is 9.88 Å². The lowest BCUT2D eigenvalue weighted by molar-refractivity contribution is 0.111. The molecule has 1 fully saturated rings. The molecule has 0 radical (unpaired) electrons. The summed E-state index contributed by atoms with van der Waals surface area (Å²) >= 11 is 0. The molecule has 0 bridgehead atoms. The van der Waals surface area contributed by atoms with Crippen molar-refractivity contribution in [1.82, 2.24) is 4.98 Å². The second kappa shape index (κ2) is 3.84. The molecule has 1 saturated carbocycles. The number of primary sulfonamides is 1. The fraction of sp³-hybridized carbons (Fsp3) is 0.333. The second-order valence-corrected chi connectivity index (χ2v) is 5.03. The Bertz CT molecular complexity index is 522. The predicted molar refractivity (Wildman–Crippen MR) is 54.6 cm³/mol. The van der Waals surface area contributed by atoms with Crippen LogP contribution in [0.1, 0.15) is 23.2 Å². The second-order valence-electron chi connectivity index (χ2n) is 3.54. The molecular weight excluding hydrogens is 232 g/mol. The summed E-state index contributed by atoms with van der Waals surface area (Å²) in [5, 5.41) is 5.04. The van der Waals surface area contributed by atoms with Gasteiger partial charge in [-0.2, -0.15) is 0 Å². The lowest BCUT2D eigenvalue weighted by Gasteiger charge is -2.09. The van der Waals surface area contributed by atoms with Crippen LogP contribution in [-0.2, 0) is 10.0 Å². The van der Waals surface area contributed by atoms with Crippen molar-refractivity contribution in [1.29, 1.82) is 0 Å². The van der Waals surface area contributed by atoms with Crippen molar-refractivity contribution in [3.63, 3.8) is 0 Å². The predicted octanol–water partition coefficient (Wildman–Crippen LogP) is 0.0827.